The van der Waals surface area contributed by atoms with Gasteiger partial charge in [-0.3, -0.25) is 9.59 Å². The number of likely N-dealkylation sites (tertiary alicyclic amines) is 1. The lowest BCUT2D eigenvalue weighted by molar-refractivity contribution is 0.0583. The Bertz CT molecular complexity index is 481. The summed E-state index contributed by atoms with van der Waals surface area (Å²) in [6.45, 7) is 2.64. The van der Waals surface area contributed by atoms with Gasteiger partial charge in [0, 0.05) is 36.5 Å². The number of amides is 1. The van der Waals surface area contributed by atoms with Crippen molar-refractivity contribution in [3.05, 3.63) is 34.2 Å². The third-order valence-electron chi connectivity index (χ3n) is 3.44. The van der Waals surface area contributed by atoms with E-state index < -0.39 is 0 Å². The lowest BCUT2D eigenvalue weighted by Gasteiger charge is -2.38. The summed E-state index contributed by atoms with van der Waals surface area (Å²) in [6, 6.07) is 3.01. The molecule has 0 aliphatic carbocycles. The van der Waals surface area contributed by atoms with Gasteiger partial charge in [0.05, 0.1) is 0 Å². The molecule has 1 amide bonds. The van der Waals surface area contributed by atoms with Gasteiger partial charge >= 0.3 is 0 Å². The maximum Gasteiger partial charge on any atom is 0.254 e. The summed E-state index contributed by atoms with van der Waals surface area (Å²) in [5.41, 5.74) is 6.12. The normalized spacial score (nSPS) is 21.7. The van der Waals surface area contributed by atoms with Crippen molar-refractivity contribution in [3.8, 4) is 0 Å². The highest BCUT2D eigenvalue weighted by Gasteiger charge is 2.29. The molecule has 1 fully saturated rings. The second-order valence-electron chi connectivity index (χ2n) is 4.86. The summed E-state index contributed by atoms with van der Waals surface area (Å²) in [5.74, 6) is -0.0944. The Morgan fingerprint density at radius 2 is 2.33 bits per heavy atom. The minimum absolute atomic E-state index is 0.0451. The van der Waals surface area contributed by atoms with Gasteiger partial charge in [0.25, 0.3) is 5.91 Å². The van der Waals surface area contributed by atoms with E-state index in [1.807, 2.05) is 11.8 Å². The minimum atomic E-state index is -0.254. The highest BCUT2D eigenvalue weighted by Crippen LogP contribution is 2.20. The average Bonchev–Trinajstić information content (AvgIpc) is 2.38. The Kier molecular flexibility index (Phi) is 3.81. The van der Waals surface area contributed by atoms with Crippen LogP contribution >= 0.6 is 0 Å². The molecule has 1 aliphatic rings. The van der Waals surface area contributed by atoms with Crippen molar-refractivity contribution >= 4 is 5.91 Å². The van der Waals surface area contributed by atoms with Crippen LogP contribution in [0.25, 0.3) is 0 Å². The van der Waals surface area contributed by atoms with Gasteiger partial charge in [0.15, 0.2) is 0 Å². The number of aromatic nitrogens is 1. The molecule has 1 aromatic rings. The van der Waals surface area contributed by atoms with Crippen LogP contribution in [0.4, 0.5) is 0 Å². The molecule has 5 nitrogen and oxygen atoms in total. The van der Waals surface area contributed by atoms with E-state index >= 15 is 0 Å². The zero-order chi connectivity index (χ0) is 13.1. The van der Waals surface area contributed by atoms with Crippen LogP contribution < -0.4 is 11.3 Å². The van der Waals surface area contributed by atoms with Crippen LogP contribution in [-0.2, 0) is 0 Å². The highest BCUT2D eigenvalue weighted by atomic mass is 16.2. The first-order valence-electron chi connectivity index (χ1n) is 6.35. The van der Waals surface area contributed by atoms with Crippen LogP contribution in [0.15, 0.2) is 23.1 Å². The molecule has 2 rings (SSSR count). The minimum Gasteiger partial charge on any atom is -0.334 e. The van der Waals surface area contributed by atoms with Crippen molar-refractivity contribution in [2.24, 2.45) is 5.73 Å². The summed E-state index contributed by atoms with van der Waals surface area (Å²) in [7, 11) is 0. The van der Waals surface area contributed by atoms with E-state index in [4.69, 9.17) is 5.73 Å². The van der Waals surface area contributed by atoms with Gasteiger partial charge in [-0.25, -0.2) is 0 Å². The summed E-state index contributed by atoms with van der Waals surface area (Å²) in [4.78, 5) is 27.9. The molecule has 0 bridgehead atoms. The summed E-state index contributed by atoms with van der Waals surface area (Å²) < 4.78 is 0. The van der Waals surface area contributed by atoms with Crippen LogP contribution in [0.1, 0.15) is 36.5 Å². The second kappa shape index (κ2) is 5.35. The predicted molar refractivity (Wildman–Crippen MR) is 69.4 cm³/mol. The van der Waals surface area contributed by atoms with Crippen molar-refractivity contribution < 1.29 is 4.79 Å². The van der Waals surface area contributed by atoms with E-state index in [2.05, 4.69) is 4.98 Å². The van der Waals surface area contributed by atoms with Crippen LogP contribution in [0.3, 0.4) is 0 Å². The Labute approximate surface area is 106 Å². The summed E-state index contributed by atoms with van der Waals surface area (Å²) in [5, 5.41) is 0. The molecule has 0 aromatic carbocycles. The zero-order valence-electron chi connectivity index (χ0n) is 10.6. The molecule has 1 aromatic heterocycles. The molecule has 0 spiro atoms. The second-order valence-corrected chi connectivity index (χ2v) is 4.86. The first-order chi connectivity index (χ1) is 8.59. The van der Waals surface area contributed by atoms with Crippen LogP contribution in [0.2, 0.25) is 0 Å². The number of rotatable bonds is 2. The Morgan fingerprint density at radius 1 is 1.56 bits per heavy atom. The molecular weight excluding hydrogens is 230 g/mol. The van der Waals surface area contributed by atoms with Crippen molar-refractivity contribution in [3.63, 3.8) is 0 Å². The van der Waals surface area contributed by atoms with Gasteiger partial charge in [-0.1, -0.05) is 0 Å². The van der Waals surface area contributed by atoms with E-state index in [0.717, 1.165) is 25.8 Å². The molecule has 2 heterocycles. The molecule has 98 valence electrons. The number of carbonyl (C=O) groups is 1. The number of piperidine rings is 1. The number of nitrogens with two attached hydrogens (primary N) is 1. The predicted octanol–water partition coefficient (Wildman–Crippen LogP) is 0.717. The summed E-state index contributed by atoms with van der Waals surface area (Å²) >= 11 is 0. The van der Waals surface area contributed by atoms with Gasteiger partial charge in [0.1, 0.15) is 0 Å². The van der Waals surface area contributed by atoms with Crippen LogP contribution in [-0.4, -0.2) is 34.4 Å². The van der Waals surface area contributed by atoms with Crippen molar-refractivity contribution in [2.75, 3.05) is 6.54 Å². The fourth-order valence-electron chi connectivity index (χ4n) is 2.50. The molecule has 3 N–H and O–H groups in total. The van der Waals surface area contributed by atoms with Gasteiger partial charge in [-0.2, -0.15) is 0 Å². The number of pyridine rings is 1. The van der Waals surface area contributed by atoms with E-state index in [-0.39, 0.29) is 23.6 Å². The highest BCUT2D eigenvalue weighted by molar-refractivity contribution is 5.94. The molecule has 5 heteroatoms. The number of nitrogens with zero attached hydrogens (tertiary/aromatic N) is 1. The molecule has 2 atom stereocenters. The smallest absolute Gasteiger partial charge is 0.254 e. The average molecular weight is 249 g/mol. The largest absolute Gasteiger partial charge is 0.334 e. The summed E-state index contributed by atoms with van der Waals surface area (Å²) in [6.07, 6.45) is 4.54. The number of hydrogen-bond acceptors (Lipinski definition) is 3. The SMILES string of the molecule is C[C@H](N)[C@@H]1CCCCN1C(=O)c1cc[nH]c(=O)c1. The van der Waals surface area contributed by atoms with Crippen molar-refractivity contribution in [1.82, 2.24) is 9.88 Å². The fourth-order valence-corrected chi connectivity index (χ4v) is 2.50. The fraction of sp³-hybridized carbons (Fsp3) is 0.538. The number of nitrogens with one attached hydrogen (secondary N) is 1. The first kappa shape index (κ1) is 12.8. The Hall–Kier alpha value is -1.62. The molecule has 1 aliphatic heterocycles. The van der Waals surface area contributed by atoms with Gasteiger partial charge < -0.3 is 15.6 Å². The van der Waals surface area contributed by atoms with E-state index in [1.54, 1.807) is 6.07 Å². The van der Waals surface area contributed by atoms with Gasteiger partial charge in [-0.05, 0) is 32.3 Å². The third-order valence-corrected chi connectivity index (χ3v) is 3.44. The standard InChI is InChI=1S/C13H19N3O2/c1-9(14)11-4-2-3-7-16(11)13(18)10-5-6-15-12(17)8-10/h5-6,8-9,11H,2-4,7,14H2,1H3,(H,15,17)/t9-,11-/m0/s1. The van der Waals surface area contributed by atoms with E-state index in [9.17, 15) is 9.59 Å². The lowest BCUT2D eigenvalue weighted by Crippen LogP contribution is -2.51. The number of hydrogen-bond donors (Lipinski definition) is 2. The molecule has 0 unspecified atom stereocenters. The van der Waals surface area contributed by atoms with Gasteiger partial charge in [-0.15, -0.1) is 0 Å². The molecule has 18 heavy (non-hydrogen) atoms. The number of aromatic amines is 1. The number of carbonyl (C=O) groups excluding carboxylic acids is 1. The van der Waals surface area contributed by atoms with Crippen molar-refractivity contribution in [2.45, 2.75) is 38.3 Å². The monoisotopic (exact) mass is 249 g/mol. The molecule has 1 saturated heterocycles. The topological polar surface area (TPSA) is 79.2 Å². The maximum atomic E-state index is 12.4. The van der Waals surface area contributed by atoms with E-state index in [1.165, 1.54) is 12.3 Å². The Balaban J connectivity index is 2.23. The lowest BCUT2D eigenvalue weighted by atomic mass is 9.96. The first-order valence-corrected chi connectivity index (χ1v) is 6.35. The third kappa shape index (κ3) is 2.61. The van der Waals surface area contributed by atoms with Crippen molar-refractivity contribution in [1.29, 1.82) is 0 Å². The van der Waals surface area contributed by atoms with Crippen LogP contribution in [0, 0.1) is 0 Å². The molecule has 0 radical (unpaired) electrons. The Morgan fingerprint density at radius 3 is 3.00 bits per heavy atom. The maximum absolute atomic E-state index is 12.4. The number of H-pyrrole nitrogens is 1. The molecule has 0 saturated carbocycles. The molecular formula is C13H19N3O2. The van der Waals surface area contributed by atoms with Crippen LogP contribution in [0.5, 0.6) is 0 Å². The quantitative estimate of drug-likeness (QED) is 0.810. The zero-order valence-corrected chi connectivity index (χ0v) is 10.6. The van der Waals surface area contributed by atoms with Gasteiger partial charge in [0.2, 0.25) is 5.56 Å². The van der Waals surface area contributed by atoms with E-state index in [0.29, 0.717) is 5.56 Å².